The molecule has 2 rings (SSSR count). The summed E-state index contributed by atoms with van der Waals surface area (Å²) in [6.07, 6.45) is 2.78. The normalized spacial score (nSPS) is 23.7. The minimum atomic E-state index is -1.09. The molecule has 4 nitrogen and oxygen atoms in total. The summed E-state index contributed by atoms with van der Waals surface area (Å²) in [6.45, 7) is 0. The molecule has 0 spiro atoms. The van der Waals surface area contributed by atoms with Gasteiger partial charge in [-0.15, -0.1) is 0 Å². The molecule has 2 unspecified atom stereocenters. The lowest BCUT2D eigenvalue weighted by Gasteiger charge is -2.28. The van der Waals surface area contributed by atoms with Crippen LogP contribution in [0.15, 0.2) is 18.2 Å². The lowest BCUT2D eigenvalue weighted by molar-refractivity contribution is 0.00682. The summed E-state index contributed by atoms with van der Waals surface area (Å²) in [6, 6.07) is 4.51. The number of rotatable bonds is 3. The van der Waals surface area contributed by atoms with Crippen molar-refractivity contribution in [3.05, 3.63) is 28.8 Å². The third-order valence-corrected chi connectivity index (χ3v) is 3.45. The molecule has 2 N–H and O–H groups in total. The van der Waals surface area contributed by atoms with Crippen LogP contribution in [-0.4, -0.2) is 28.4 Å². The third kappa shape index (κ3) is 2.94. The Kier molecular flexibility index (Phi) is 4.09. The van der Waals surface area contributed by atoms with Crippen molar-refractivity contribution in [3.8, 4) is 5.75 Å². The summed E-state index contributed by atoms with van der Waals surface area (Å²) < 4.78 is 5.64. The fraction of sp³-hybridized carbons (Fsp3) is 0.462. The molecule has 1 aromatic rings. The minimum Gasteiger partial charge on any atom is -0.488 e. The predicted octanol–water partition coefficient (Wildman–Crippen LogP) is 2.72. The van der Waals surface area contributed by atoms with Crippen molar-refractivity contribution < 1.29 is 19.7 Å². The van der Waals surface area contributed by atoms with Crippen molar-refractivity contribution in [1.82, 2.24) is 0 Å². The zero-order valence-electron chi connectivity index (χ0n) is 9.80. The number of ether oxygens (including phenoxy) is 1. The number of benzene rings is 1. The summed E-state index contributed by atoms with van der Waals surface area (Å²) in [5.41, 5.74) is 0.0134. The first kappa shape index (κ1) is 13.2. The maximum Gasteiger partial charge on any atom is 0.337 e. The van der Waals surface area contributed by atoms with Gasteiger partial charge < -0.3 is 14.9 Å². The molecule has 1 aromatic carbocycles. The maximum absolute atomic E-state index is 10.9. The van der Waals surface area contributed by atoms with Gasteiger partial charge in [-0.25, -0.2) is 4.79 Å². The molecule has 0 bridgehead atoms. The van der Waals surface area contributed by atoms with Crippen LogP contribution in [0.25, 0.3) is 0 Å². The zero-order valence-corrected chi connectivity index (χ0v) is 10.6. The van der Waals surface area contributed by atoms with Crippen molar-refractivity contribution in [2.24, 2.45) is 0 Å². The molecular weight excluding hydrogens is 256 g/mol. The number of aliphatic hydroxyl groups excluding tert-OH is 1. The van der Waals surface area contributed by atoms with Gasteiger partial charge in [-0.05, 0) is 37.5 Å². The Morgan fingerprint density at radius 3 is 2.72 bits per heavy atom. The molecule has 18 heavy (non-hydrogen) atoms. The first-order valence-electron chi connectivity index (χ1n) is 5.95. The highest BCUT2D eigenvalue weighted by molar-refractivity contribution is 6.33. The average molecular weight is 271 g/mol. The van der Waals surface area contributed by atoms with Crippen LogP contribution in [0, 0.1) is 0 Å². The fourth-order valence-electron chi connectivity index (χ4n) is 2.13. The van der Waals surface area contributed by atoms with Gasteiger partial charge in [0, 0.05) is 0 Å². The number of carboxylic acids is 1. The third-order valence-electron chi connectivity index (χ3n) is 3.12. The Morgan fingerprint density at radius 2 is 2.06 bits per heavy atom. The van der Waals surface area contributed by atoms with E-state index in [0.29, 0.717) is 5.75 Å². The van der Waals surface area contributed by atoms with Crippen molar-refractivity contribution in [1.29, 1.82) is 0 Å². The molecule has 0 heterocycles. The van der Waals surface area contributed by atoms with Crippen molar-refractivity contribution in [2.75, 3.05) is 0 Å². The van der Waals surface area contributed by atoms with Gasteiger partial charge in [0.05, 0.1) is 16.7 Å². The zero-order chi connectivity index (χ0) is 13.1. The van der Waals surface area contributed by atoms with Crippen LogP contribution in [0.2, 0.25) is 5.02 Å². The van der Waals surface area contributed by atoms with E-state index < -0.39 is 12.1 Å². The molecule has 1 saturated carbocycles. The molecule has 0 radical (unpaired) electrons. The molecule has 1 fully saturated rings. The standard InChI is InChI=1S/C13H15ClO4/c14-10-6-5-8(7-9(10)13(16)17)18-12-4-2-1-3-11(12)15/h5-7,11-12,15H,1-4H2,(H,16,17). The lowest BCUT2D eigenvalue weighted by Crippen LogP contribution is -2.34. The van der Waals surface area contributed by atoms with E-state index in [1.54, 1.807) is 6.07 Å². The topological polar surface area (TPSA) is 66.8 Å². The van der Waals surface area contributed by atoms with Crippen LogP contribution in [0.4, 0.5) is 0 Å². The van der Waals surface area contributed by atoms with E-state index in [1.165, 1.54) is 12.1 Å². The number of halogens is 1. The highest BCUT2D eigenvalue weighted by Gasteiger charge is 2.25. The molecule has 1 aliphatic carbocycles. The summed E-state index contributed by atoms with van der Waals surface area (Å²) >= 11 is 5.78. The molecule has 0 saturated heterocycles. The highest BCUT2D eigenvalue weighted by atomic mass is 35.5. The number of carbonyl (C=O) groups is 1. The van der Waals surface area contributed by atoms with Crippen LogP contribution >= 0.6 is 11.6 Å². The predicted molar refractivity (Wildman–Crippen MR) is 67.3 cm³/mol. The van der Waals surface area contributed by atoms with Gasteiger partial charge >= 0.3 is 5.97 Å². The van der Waals surface area contributed by atoms with Crippen LogP contribution in [0.3, 0.4) is 0 Å². The smallest absolute Gasteiger partial charge is 0.337 e. The molecule has 1 aliphatic rings. The summed E-state index contributed by atoms with van der Waals surface area (Å²) in [5.74, 6) is -0.655. The quantitative estimate of drug-likeness (QED) is 0.886. The molecular formula is C13H15ClO4. The van der Waals surface area contributed by atoms with E-state index in [9.17, 15) is 9.90 Å². The molecule has 5 heteroatoms. The number of aromatic carboxylic acids is 1. The summed E-state index contributed by atoms with van der Waals surface area (Å²) in [7, 11) is 0. The molecule has 0 amide bonds. The minimum absolute atomic E-state index is 0.0134. The molecule has 0 aliphatic heterocycles. The first-order valence-corrected chi connectivity index (χ1v) is 6.33. The average Bonchev–Trinajstić information content (AvgIpc) is 2.34. The highest BCUT2D eigenvalue weighted by Crippen LogP contribution is 2.27. The number of aliphatic hydroxyl groups is 1. The van der Waals surface area contributed by atoms with Gasteiger partial charge in [-0.3, -0.25) is 0 Å². The second-order valence-electron chi connectivity index (χ2n) is 4.45. The first-order chi connectivity index (χ1) is 8.58. The van der Waals surface area contributed by atoms with Gasteiger partial charge in [0.15, 0.2) is 0 Å². The number of hydrogen-bond donors (Lipinski definition) is 2. The Balaban J connectivity index is 2.14. The van der Waals surface area contributed by atoms with E-state index in [2.05, 4.69) is 0 Å². The van der Waals surface area contributed by atoms with E-state index in [1.807, 2.05) is 0 Å². The van der Waals surface area contributed by atoms with Gasteiger partial charge in [0.2, 0.25) is 0 Å². The number of carboxylic acid groups (broad SMARTS) is 1. The van der Waals surface area contributed by atoms with Crippen LogP contribution < -0.4 is 4.74 Å². The Hall–Kier alpha value is -1.26. The SMILES string of the molecule is O=C(O)c1cc(OC2CCCCC2O)ccc1Cl. The van der Waals surface area contributed by atoms with Crippen molar-refractivity contribution >= 4 is 17.6 Å². The Bertz CT molecular complexity index is 447. The van der Waals surface area contributed by atoms with Crippen LogP contribution in [-0.2, 0) is 0 Å². The lowest BCUT2D eigenvalue weighted by atomic mass is 9.95. The van der Waals surface area contributed by atoms with Gasteiger partial charge in [-0.1, -0.05) is 18.0 Å². The monoisotopic (exact) mass is 270 g/mol. The molecule has 2 atom stereocenters. The summed E-state index contributed by atoms with van der Waals surface area (Å²) in [5, 5.41) is 18.9. The van der Waals surface area contributed by atoms with Gasteiger partial charge in [0.25, 0.3) is 0 Å². The second-order valence-corrected chi connectivity index (χ2v) is 4.86. The fourth-order valence-corrected chi connectivity index (χ4v) is 2.33. The Morgan fingerprint density at radius 1 is 1.33 bits per heavy atom. The molecule has 0 aromatic heterocycles. The van der Waals surface area contributed by atoms with Crippen molar-refractivity contribution in [2.45, 2.75) is 37.9 Å². The van der Waals surface area contributed by atoms with Gasteiger partial charge in [-0.2, -0.15) is 0 Å². The maximum atomic E-state index is 10.9. The largest absolute Gasteiger partial charge is 0.488 e. The summed E-state index contributed by atoms with van der Waals surface area (Å²) in [4.78, 5) is 10.9. The van der Waals surface area contributed by atoms with Crippen LogP contribution in [0.1, 0.15) is 36.0 Å². The molecule has 98 valence electrons. The van der Waals surface area contributed by atoms with E-state index in [0.717, 1.165) is 25.7 Å². The second kappa shape index (κ2) is 5.59. The van der Waals surface area contributed by atoms with Gasteiger partial charge in [0.1, 0.15) is 11.9 Å². The number of hydrogen-bond acceptors (Lipinski definition) is 3. The van der Waals surface area contributed by atoms with E-state index in [4.69, 9.17) is 21.4 Å². The Labute approximate surface area is 110 Å². The van der Waals surface area contributed by atoms with E-state index >= 15 is 0 Å². The van der Waals surface area contributed by atoms with E-state index in [-0.39, 0.29) is 16.7 Å². The van der Waals surface area contributed by atoms with Crippen LogP contribution in [0.5, 0.6) is 5.75 Å². The van der Waals surface area contributed by atoms with Crippen molar-refractivity contribution in [3.63, 3.8) is 0 Å².